The Hall–Kier alpha value is -1.91. The minimum atomic E-state index is -0.389. The molecule has 0 N–H and O–H groups in total. The first kappa shape index (κ1) is 11.6. The van der Waals surface area contributed by atoms with E-state index < -0.39 is 0 Å². The Bertz CT molecular complexity index is 471. The number of rotatable bonds is 3. The van der Waals surface area contributed by atoms with Crippen LogP contribution in [0.1, 0.15) is 24.0 Å². The fraction of sp³-hybridized carbons (Fsp3) is 0.417. The highest BCUT2D eigenvalue weighted by atomic mass is 16.6. The van der Waals surface area contributed by atoms with Gasteiger partial charge in [0.15, 0.2) is 0 Å². The van der Waals surface area contributed by atoms with E-state index in [9.17, 15) is 14.9 Å². The molecule has 90 valence electrons. The van der Waals surface area contributed by atoms with Gasteiger partial charge in [-0.25, -0.2) is 0 Å². The Labute approximate surface area is 99.2 Å². The van der Waals surface area contributed by atoms with Crippen molar-refractivity contribution in [2.45, 2.75) is 26.3 Å². The summed E-state index contributed by atoms with van der Waals surface area (Å²) in [4.78, 5) is 23.5. The van der Waals surface area contributed by atoms with Crippen LogP contribution in [0.2, 0.25) is 0 Å². The predicted octanol–water partition coefficient (Wildman–Crippen LogP) is 2.03. The molecule has 1 aliphatic rings. The van der Waals surface area contributed by atoms with Gasteiger partial charge in [0, 0.05) is 31.1 Å². The van der Waals surface area contributed by atoms with Crippen molar-refractivity contribution in [2.24, 2.45) is 0 Å². The monoisotopic (exact) mass is 234 g/mol. The number of hydrogen-bond acceptors (Lipinski definition) is 3. The number of amides is 1. The Balaban J connectivity index is 2.15. The molecule has 0 aliphatic carbocycles. The second-order valence-corrected chi connectivity index (χ2v) is 4.30. The largest absolute Gasteiger partial charge is 0.338 e. The molecule has 0 bridgehead atoms. The molecule has 0 radical (unpaired) electrons. The fourth-order valence-corrected chi connectivity index (χ4v) is 2.11. The highest BCUT2D eigenvalue weighted by Crippen LogP contribution is 2.21. The molecule has 0 atom stereocenters. The molecule has 1 saturated heterocycles. The van der Waals surface area contributed by atoms with Crippen LogP contribution in [0.4, 0.5) is 5.69 Å². The Morgan fingerprint density at radius 2 is 2.24 bits per heavy atom. The number of benzene rings is 1. The molecule has 0 spiro atoms. The van der Waals surface area contributed by atoms with Crippen LogP contribution in [0.25, 0.3) is 0 Å². The molecule has 1 fully saturated rings. The first-order valence-corrected chi connectivity index (χ1v) is 5.59. The maximum Gasteiger partial charge on any atom is 0.272 e. The van der Waals surface area contributed by atoms with Crippen molar-refractivity contribution in [3.8, 4) is 0 Å². The van der Waals surface area contributed by atoms with Crippen molar-refractivity contribution >= 4 is 11.6 Å². The third-order valence-corrected chi connectivity index (χ3v) is 3.00. The van der Waals surface area contributed by atoms with Gasteiger partial charge in [-0.15, -0.1) is 0 Å². The molecule has 1 aromatic rings. The average Bonchev–Trinajstić information content (AvgIpc) is 2.64. The number of carbonyl (C=O) groups is 1. The number of carbonyl (C=O) groups excluding carboxylic acids is 1. The molecule has 0 saturated carbocycles. The van der Waals surface area contributed by atoms with Gasteiger partial charge in [-0.2, -0.15) is 0 Å². The molecule has 1 aliphatic heterocycles. The standard InChI is InChI=1S/C12H14N2O3/c1-9-7-10(4-5-11(9)14(16)17)8-13-6-2-3-12(13)15/h4-5,7H,2-3,6,8H2,1H3. The second kappa shape index (κ2) is 4.53. The number of likely N-dealkylation sites (tertiary alicyclic amines) is 1. The maximum absolute atomic E-state index is 11.5. The van der Waals surface area contributed by atoms with E-state index in [0.717, 1.165) is 18.5 Å². The molecule has 0 aromatic heterocycles. The van der Waals surface area contributed by atoms with Crippen molar-refractivity contribution in [2.75, 3.05) is 6.54 Å². The molecule has 2 rings (SSSR count). The Kier molecular flexibility index (Phi) is 3.08. The first-order valence-electron chi connectivity index (χ1n) is 5.59. The highest BCUT2D eigenvalue weighted by molar-refractivity contribution is 5.78. The van der Waals surface area contributed by atoms with Crippen LogP contribution in [-0.4, -0.2) is 22.3 Å². The lowest BCUT2D eigenvalue weighted by Crippen LogP contribution is -2.23. The van der Waals surface area contributed by atoms with E-state index in [1.54, 1.807) is 24.0 Å². The minimum Gasteiger partial charge on any atom is -0.338 e. The Morgan fingerprint density at radius 1 is 1.47 bits per heavy atom. The van der Waals surface area contributed by atoms with Crippen molar-refractivity contribution < 1.29 is 9.72 Å². The van der Waals surface area contributed by atoms with Crippen molar-refractivity contribution in [1.82, 2.24) is 4.90 Å². The van der Waals surface area contributed by atoms with Crippen LogP contribution >= 0.6 is 0 Å². The van der Waals surface area contributed by atoms with Crippen molar-refractivity contribution in [3.05, 3.63) is 39.4 Å². The van der Waals surface area contributed by atoms with Gasteiger partial charge in [-0.05, 0) is 25.0 Å². The molecule has 5 nitrogen and oxygen atoms in total. The lowest BCUT2D eigenvalue weighted by molar-refractivity contribution is -0.385. The SMILES string of the molecule is Cc1cc(CN2CCCC2=O)ccc1[N+](=O)[O-]. The predicted molar refractivity (Wildman–Crippen MR) is 62.5 cm³/mol. The summed E-state index contributed by atoms with van der Waals surface area (Å²) in [5.41, 5.74) is 1.71. The average molecular weight is 234 g/mol. The number of hydrogen-bond donors (Lipinski definition) is 0. The molecule has 1 amide bonds. The van der Waals surface area contributed by atoms with E-state index in [4.69, 9.17) is 0 Å². The normalized spacial score (nSPS) is 15.4. The first-order chi connectivity index (χ1) is 8.08. The summed E-state index contributed by atoms with van der Waals surface area (Å²) < 4.78 is 0. The zero-order valence-electron chi connectivity index (χ0n) is 9.68. The number of nitro groups is 1. The maximum atomic E-state index is 11.5. The van der Waals surface area contributed by atoms with E-state index in [2.05, 4.69) is 0 Å². The van der Waals surface area contributed by atoms with Gasteiger partial charge < -0.3 is 4.90 Å². The molecule has 0 unspecified atom stereocenters. The summed E-state index contributed by atoms with van der Waals surface area (Å²) in [6.07, 6.45) is 1.52. The summed E-state index contributed by atoms with van der Waals surface area (Å²) in [7, 11) is 0. The Morgan fingerprint density at radius 3 is 2.76 bits per heavy atom. The van der Waals surface area contributed by atoms with Crippen LogP contribution < -0.4 is 0 Å². The smallest absolute Gasteiger partial charge is 0.272 e. The van der Waals surface area contributed by atoms with Crippen LogP contribution in [0, 0.1) is 17.0 Å². The lowest BCUT2D eigenvalue weighted by Gasteiger charge is -2.15. The topological polar surface area (TPSA) is 63.5 Å². The summed E-state index contributed by atoms with van der Waals surface area (Å²) in [5, 5.41) is 10.7. The summed E-state index contributed by atoms with van der Waals surface area (Å²) in [5.74, 6) is 0.168. The van der Waals surface area contributed by atoms with Crippen molar-refractivity contribution in [3.63, 3.8) is 0 Å². The van der Waals surface area contributed by atoms with E-state index >= 15 is 0 Å². The molecule has 1 aromatic carbocycles. The summed E-state index contributed by atoms with van der Waals surface area (Å²) in [6, 6.07) is 5.01. The second-order valence-electron chi connectivity index (χ2n) is 4.30. The number of nitro benzene ring substituents is 1. The van der Waals surface area contributed by atoms with E-state index in [-0.39, 0.29) is 16.5 Å². The molecule has 5 heteroatoms. The molecule has 17 heavy (non-hydrogen) atoms. The van der Waals surface area contributed by atoms with E-state index in [1.807, 2.05) is 0 Å². The zero-order chi connectivity index (χ0) is 12.4. The van der Waals surface area contributed by atoms with Gasteiger partial charge in [0.2, 0.25) is 5.91 Å². The van der Waals surface area contributed by atoms with E-state index in [0.29, 0.717) is 18.5 Å². The van der Waals surface area contributed by atoms with Gasteiger partial charge in [-0.3, -0.25) is 14.9 Å². The van der Waals surface area contributed by atoms with Gasteiger partial charge >= 0.3 is 0 Å². The molecular weight excluding hydrogens is 220 g/mol. The van der Waals surface area contributed by atoms with Crippen LogP contribution in [0.5, 0.6) is 0 Å². The highest BCUT2D eigenvalue weighted by Gasteiger charge is 2.20. The number of aryl methyl sites for hydroxylation is 1. The lowest BCUT2D eigenvalue weighted by atomic mass is 10.1. The number of nitrogens with zero attached hydrogens (tertiary/aromatic N) is 2. The molecule has 1 heterocycles. The summed E-state index contributed by atoms with van der Waals surface area (Å²) >= 11 is 0. The summed E-state index contributed by atoms with van der Waals surface area (Å²) in [6.45, 7) is 3.06. The van der Waals surface area contributed by atoms with Gasteiger partial charge in [0.1, 0.15) is 0 Å². The third-order valence-electron chi connectivity index (χ3n) is 3.00. The third kappa shape index (κ3) is 2.43. The van der Waals surface area contributed by atoms with Crippen LogP contribution in [0.3, 0.4) is 0 Å². The van der Waals surface area contributed by atoms with Crippen molar-refractivity contribution in [1.29, 1.82) is 0 Å². The molecular formula is C12H14N2O3. The van der Waals surface area contributed by atoms with Gasteiger partial charge in [0.05, 0.1) is 4.92 Å². The quantitative estimate of drug-likeness (QED) is 0.593. The van der Waals surface area contributed by atoms with Gasteiger partial charge in [-0.1, -0.05) is 6.07 Å². The van der Waals surface area contributed by atoms with Gasteiger partial charge in [0.25, 0.3) is 5.69 Å². The fourth-order valence-electron chi connectivity index (χ4n) is 2.11. The van der Waals surface area contributed by atoms with Crippen LogP contribution in [0.15, 0.2) is 18.2 Å². The minimum absolute atomic E-state index is 0.126. The van der Waals surface area contributed by atoms with E-state index in [1.165, 1.54) is 6.07 Å². The zero-order valence-corrected chi connectivity index (χ0v) is 9.68. The van der Waals surface area contributed by atoms with Crippen LogP contribution in [-0.2, 0) is 11.3 Å².